The zero-order chi connectivity index (χ0) is 23.7. The van der Waals surface area contributed by atoms with Gasteiger partial charge >= 0.3 is 5.69 Å². The van der Waals surface area contributed by atoms with Gasteiger partial charge < -0.3 is 5.11 Å². The van der Waals surface area contributed by atoms with Gasteiger partial charge in [-0.15, -0.1) is 0 Å². The topological polar surface area (TPSA) is 87.1 Å². The third-order valence-electron chi connectivity index (χ3n) is 6.33. The van der Waals surface area contributed by atoms with Crippen molar-refractivity contribution in [2.75, 3.05) is 13.1 Å². The van der Waals surface area contributed by atoms with Gasteiger partial charge in [0.2, 0.25) is 0 Å². The van der Waals surface area contributed by atoms with Crippen molar-refractivity contribution in [1.29, 1.82) is 5.26 Å². The summed E-state index contributed by atoms with van der Waals surface area (Å²) in [6, 6.07) is 17.9. The molecule has 0 fully saturated rings. The molecule has 0 radical (unpaired) electrons. The molecule has 0 amide bonds. The van der Waals surface area contributed by atoms with E-state index in [2.05, 4.69) is 22.0 Å². The molecule has 172 valence electrons. The third-order valence-corrected chi connectivity index (χ3v) is 6.33. The van der Waals surface area contributed by atoms with Crippen LogP contribution in [0.25, 0.3) is 11.0 Å². The summed E-state index contributed by atoms with van der Waals surface area (Å²) in [5.74, 6) is -0.447. The smallest absolute Gasteiger partial charge is 0.329 e. The molecule has 0 saturated heterocycles. The quantitative estimate of drug-likeness (QED) is 0.481. The van der Waals surface area contributed by atoms with Crippen molar-refractivity contribution < 1.29 is 9.50 Å². The summed E-state index contributed by atoms with van der Waals surface area (Å²) in [7, 11) is 0. The van der Waals surface area contributed by atoms with Gasteiger partial charge in [-0.3, -0.25) is 19.0 Å². The Labute approximate surface area is 195 Å². The van der Waals surface area contributed by atoms with Crippen molar-refractivity contribution in [2.45, 2.75) is 32.2 Å². The van der Waals surface area contributed by atoms with Gasteiger partial charge in [0, 0.05) is 25.8 Å². The Morgan fingerprint density at radius 1 is 1.06 bits per heavy atom. The molecule has 34 heavy (non-hydrogen) atoms. The Bertz CT molecular complexity index is 1430. The van der Waals surface area contributed by atoms with Crippen LogP contribution in [0.4, 0.5) is 4.39 Å². The monoisotopic (exact) mass is 457 g/mol. The van der Waals surface area contributed by atoms with Gasteiger partial charge in [0.25, 0.3) is 0 Å². The van der Waals surface area contributed by atoms with Gasteiger partial charge in [-0.1, -0.05) is 24.3 Å². The van der Waals surface area contributed by atoms with Crippen LogP contribution >= 0.6 is 0 Å². The molecule has 2 aromatic heterocycles. The van der Waals surface area contributed by atoms with E-state index in [9.17, 15) is 14.3 Å². The fourth-order valence-electron chi connectivity index (χ4n) is 4.64. The summed E-state index contributed by atoms with van der Waals surface area (Å²) < 4.78 is 17.0. The second-order valence-corrected chi connectivity index (χ2v) is 8.67. The van der Waals surface area contributed by atoms with Crippen LogP contribution in [0.15, 0.2) is 65.6 Å². The molecule has 1 atom stereocenters. The molecule has 1 unspecified atom stereocenters. The van der Waals surface area contributed by atoms with E-state index in [-0.39, 0.29) is 18.8 Å². The average Bonchev–Trinajstić information content (AvgIpc) is 3.09. The number of nitriles is 1. The first kappa shape index (κ1) is 22.0. The molecular formula is C26H24FN5O2. The Morgan fingerprint density at radius 3 is 2.65 bits per heavy atom. The first-order chi connectivity index (χ1) is 16.5. The molecular weight excluding hydrogens is 433 g/mol. The highest BCUT2D eigenvalue weighted by Gasteiger charge is 2.21. The lowest BCUT2D eigenvalue weighted by atomic mass is 10.00. The van der Waals surface area contributed by atoms with Crippen LogP contribution in [-0.2, 0) is 26.1 Å². The van der Waals surface area contributed by atoms with Gasteiger partial charge in [0.15, 0.2) is 0 Å². The number of imidazole rings is 1. The number of aliphatic hydroxyl groups is 1. The number of benzene rings is 2. The normalized spacial score (nSPS) is 14.6. The van der Waals surface area contributed by atoms with Crippen LogP contribution in [0.1, 0.15) is 22.4 Å². The SMILES string of the molecule is N#Cc1ccc(Cn2c(=O)n(CC(O)CN3CCc4ccccc4C3)c3cc(F)ccc32)nc1. The molecule has 8 heteroatoms. The number of rotatable bonds is 6. The van der Waals surface area contributed by atoms with Crippen LogP contribution in [0.5, 0.6) is 0 Å². The van der Waals surface area contributed by atoms with Crippen LogP contribution in [0.3, 0.4) is 0 Å². The highest BCUT2D eigenvalue weighted by atomic mass is 19.1. The number of aromatic nitrogens is 3. The third kappa shape index (κ3) is 4.36. The molecule has 2 aromatic carbocycles. The van der Waals surface area contributed by atoms with E-state index >= 15 is 0 Å². The van der Waals surface area contributed by atoms with Crippen LogP contribution in [0.2, 0.25) is 0 Å². The van der Waals surface area contributed by atoms with Crippen molar-refractivity contribution >= 4 is 11.0 Å². The summed E-state index contributed by atoms with van der Waals surface area (Å²) in [6.07, 6.45) is 1.59. The Morgan fingerprint density at radius 2 is 1.88 bits per heavy atom. The Kier molecular flexibility index (Phi) is 5.97. The van der Waals surface area contributed by atoms with E-state index in [4.69, 9.17) is 5.26 Å². The molecule has 0 bridgehead atoms. The second kappa shape index (κ2) is 9.21. The number of halogens is 1. The summed E-state index contributed by atoms with van der Waals surface area (Å²) in [6.45, 7) is 2.25. The van der Waals surface area contributed by atoms with E-state index in [1.165, 1.54) is 38.6 Å². The van der Waals surface area contributed by atoms with Crippen molar-refractivity contribution in [1.82, 2.24) is 19.0 Å². The zero-order valence-corrected chi connectivity index (χ0v) is 18.6. The number of fused-ring (bicyclic) bond motifs is 2. The van der Waals surface area contributed by atoms with E-state index in [1.807, 2.05) is 18.2 Å². The number of hydrogen-bond donors (Lipinski definition) is 1. The van der Waals surface area contributed by atoms with Crippen molar-refractivity contribution in [2.24, 2.45) is 0 Å². The minimum absolute atomic E-state index is 0.0603. The number of pyridine rings is 1. The standard InChI is InChI=1S/C26H24FN5O2/c27-21-6-8-24-25(11-21)32(26(34)31(24)15-22-7-5-18(12-28)13-29-22)17-23(33)16-30-10-9-19-3-1-2-4-20(19)14-30/h1-8,11,13,23,33H,9-10,14-17H2. The van der Waals surface area contributed by atoms with Crippen molar-refractivity contribution in [3.8, 4) is 6.07 Å². The number of aliphatic hydroxyl groups excluding tert-OH is 1. The number of nitrogens with zero attached hydrogens (tertiary/aromatic N) is 5. The maximum absolute atomic E-state index is 14.1. The second-order valence-electron chi connectivity index (χ2n) is 8.67. The summed E-state index contributed by atoms with van der Waals surface area (Å²) >= 11 is 0. The summed E-state index contributed by atoms with van der Waals surface area (Å²) in [5.41, 5.74) is 4.29. The highest BCUT2D eigenvalue weighted by Crippen LogP contribution is 2.20. The van der Waals surface area contributed by atoms with Crippen LogP contribution in [0, 0.1) is 17.1 Å². The lowest BCUT2D eigenvalue weighted by Gasteiger charge is -2.30. The highest BCUT2D eigenvalue weighted by molar-refractivity contribution is 5.76. The molecule has 0 saturated carbocycles. The van der Waals surface area contributed by atoms with Crippen LogP contribution in [-0.4, -0.2) is 43.3 Å². The molecule has 0 spiro atoms. The van der Waals surface area contributed by atoms with Crippen molar-refractivity contribution in [3.63, 3.8) is 0 Å². The summed E-state index contributed by atoms with van der Waals surface area (Å²) in [4.78, 5) is 19.8. The zero-order valence-electron chi connectivity index (χ0n) is 18.6. The lowest BCUT2D eigenvalue weighted by Crippen LogP contribution is -2.39. The van der Waals surface area contributed by atoms with Gasteiger partial charge in [-0.2, -0.15) is 5.26 Å². The molecule has 4 aromatic rings. The van der Waals surface area contributed by atoms with E-state index < -0.39 is 11.9 Å². The van der Waals surface area contributed by atoms with E-state index in [1.54, 1.807) is 18.2 Å². The molecule has 5 rings (SSSR count). The molecule has 7 nitrogen and oxygen atoms in total. The average molecular weight is 458 g/mol. The van der Waals surface area contributed by atoms with Gasteiger partial charge in [-0.05, 0) is 47.9 Å². The maximum atomic E-state index is 14.1. The molecule has 3 heterocycles. The molecule has 1 aliphatic heterocycles. The predicted molar refractivity (Wildman–Crippen MR) is 126 cm³/mol. The lowest BCUT2D eigenvalue weighted by molar-refractivity contribution is 0.0917. The molecule has 1 aliphatic rings. The molecule has 1 N–H and O–H groups in total. The first-order valence-electron chi connectivity index (χ1n) is 11.2. The maximum Gasteiger partial charge on any atom is 0.329 e. The molecule has 0 aliphatic carbocycles. The first-order valence-corrected chi connectivity index (χ1v) is 11.2. The van der Waals surface area contributed by atoms with E-state index in [0.29, 0.717) is 28.8 Å². The Hall–Kier alpha value is -3.80. The van der Waals surface area contributed by atoms with Crippen molar-refractivity contribution in [3.05, 3.63) is 99.5 Å². The Balaban J connectivity index is 1.39. The fraction of sp³-hybridized carbons (Fsp3) is 0.269. The number of β-amino-alcohol motifs (C(OH)–C–C–N with tert-alkyl or cyclic N) is 1. The van der Waals surface area contributed by atoms with Gasteiger partial charge in [0.05, 0.1) is 41.5 Å². The fourth-order valence-corrected chi connectivity index (χ4v) is 4.64. The minimum Gasteiger partial charge on any atom is -0.390 e. The van der Waals surface area contributed by atoms with Crippen LogP contribution < -0.4 is 5.69 Å². The largest absolute Gasteiger partial charge is 0.390 e. The van der Waals surface area contributed by atoms with Gasteiger partial charge in [0.1, 0.15) is 11.9 Å². The summed E-state index contributed by atoms with van der Waals surface area (Å²) in [5, 5.41) is 19.8. The minimum atomic E-state index is -0.793. The van der Waals surface area contributed by atoms with Gasteiger partial charge in [-0.25, -0.2) is 9.18 Å². The van der Waals surface area contributed by atoms with E-state index in [0.717, 1.165) is 19.5 Å². The predicted octanol–water partition coefficient (Wildman–Crippen LogP) is 2.68. The number of hydrogen-bond acceptors (Lipinski definition) is 5.